The van der Waals surface area contributed by atoms with Crippen LogP contribution >= 0.6 is 0 Å². The average molecular weight is 799 g/mol. The molecule has 13 nitrogen and oxygen atoms in total. The molecule has 0 saturated carbocycles. The summed E-state index contributed by atoms with van der Waals surface area (Å²) in [5, 5.41) is 10.4. The topological polar surface area (TPSA) is 182 Å². The Bertz CT molecular complexity index is 2840. The number of benzene rings is 2. The largest absolute Gasteiger partial charge is 0.384 e. The van der Waals surface area contributed by atoms with E-state index in [2.05, 4.69) is 55.8 Å². The number of hydrogen-bond donors (Lipinski definition) is 4. The van der Waals surface area contributed by atoms with E-state index in [0.717, 1.165) is 36.4 Å². The Kier molecular flexibility index (Phi) is 11.3. The molecule has 8 rings (SSSR count). The van der Waals surface area contributed by atoms with Gasteiger partial charge in [0.1, 0.15) is 59.2 Å². The third kappa shape index (κ3) is 9.83. The zero-order valence-electron chi connectivity index (χ0n) is 31.7. The zero-order chi connectivity index (χ0) is 41.7. The number of nitrogen functional groups attached to an aromatic ring is 1. The maximum Gasteiger partial charge on any atom is 0.226 e. The van der Waals surface area contributed by atoms with Crippen molar-refractivity contribution in [2.24, 2.45) is 5.41 Å². The number of aromatic nitrogens is 8. The molecule has 0 aliphatic carbocycles. The van der Waals surface area contributed by atoms with Crippen LogP contribution in [-0.2, 0) is 4.79 Å². The van der Waals surface area contributed by atoms with Gasteiger partial charge in [-0.15, -0.1) is 0 Å². The standard InChI is InChI=1S/C24H22F2N6O.C18H12F2N6/c1-24(2,3)12-22(33)32-21-11-20(28-13-29-21)30-18-10-19(16-9-14(25)6-7-17(16)26)31-23-15(18)5-4-8-27-23;19-10-3-4-13(20)12(6-10)15-7-14(11-2-1-5-22-18(11)26-15)25-17-8-16(21)23-9-24-17/h4-11,13H,12H2,1-3H3,(H2,27,28,29,30,31,32,33);1-9H,(H3,21,22,23,24,25,26). The highest BCUT2D eigenvalue weighted by molar-refractivity contribution is 5.95. The number of rotatable bonds is 8. The molecular weight excluding hydrogens is 765 g/mol. The molecule has 6 aromatic heterocycles. The molecule has 296 valence electrons. The van der Waals surface area contributed by atoms with Gasteiger partial charge < -0.3 is 21.7 Å². The number of fused-ring (bicyclic) bond motifs is 2. The molecule has 0 saturated heterocycles. The van der Waals surface area contributed by atoms with Crippen molar-refractivity contribution < 1.29 is 22.4 Å². The van der Waals surface area contributed by atoms with Crippen LogP contribution in [0.25, 0.3) is 44.6 Å². The van der Waals surface area contributed by atoms with E-state index in [9.17, 15) is 22.4 Å². The van der Waals surface area contributed by atoms with E-state index >= 15 is 0 Å². The first-order valence-corrected chi connectivity index (χ1v) is 17.9. The smallest absolute Gasteiger partial charge is 0.226 e. The van der Waals surface area contributed by atoms with Crippen molar-refractivity contribution in [1.82, 2.24) is 39.9 Å². The van der Waals surface area contributed by atoms with Gasteiger partial charge in [0, 0.05) is 52.8 Å². The van der Waals surface area contributed by atoms with Gasteiger partial charge in [-0.25, -0.2) is 57.4 Å². The van der Waals surface area contributed by atoms with E-state index in [1.807, 2.05) is 26.8 Å². The van der Waals surface area contributed by atoms with Gasteiger partial charge >= 0.3 is 0 Å². The number of nitrogens with one attached hydrogen (secondary N) is 3. The van der Waals surface area contributed by atoms with Gasteiger partial charge in [-0.2, -0.15) is 0 Å². The summed E-state index contributed by atoms with van der Waals surface area (Å²) in [6.45, 7) is 5.92. The molecule has 0 fully saturated rings. The molecule has 0 aliphatic rings. The first-order chi connectivity index (χ1) is 28.3. The molecule has 0 spiro atoms. The lowest BCUT2D eigenvalue weighted by Crippen LogP contribution is -2.20. The molecule has 6 heterocycles. The zero-order valence-corrected chi connectivity index (χ0v) is 31.7. The number of halogens is 4. The van der Waals surface area contributed by atoms with Gasteiger partial charge in [0.2, 0.25) is 5.91 Å². The fourth-order valence-corrected chi connectivity index (χ4v) is 5.86. The summed E-state index contributed by atoms with van der Waals surface area (Å²) >= 11 is 0. The number of anilines is 6. The number of hydrogen-bond acceptors (Lipinski definition) is 12. The summed E-state index contributed by atoms with van der Waals surface area (Å²) < 4.78 is 55.9. The third-order valence-corrected chi connectivity index (χ3v) is 8.42. The number of nitrogens with two attached hydrogens (primary N) is 1. The Hall–Kier alpha value is -7.69. The predicted molar refractivity (Wildman–Crippen MR) is 218 cm³/mol. The van der Waals surface area contributed by atoms with E-state index in [1.54, 1.807) is 54.9 Å². The lowest BCUT2D eigenvalue weighted by Gasteiger charge is -2.17. The predicted octanol–water partition coefficient (Wildman–Crippen LogP) is 9.17. The van der Waals surface area contributed by atoms with Crippen LogP contribution in [0.15, 0.2) is 110 Å². The second-order valence-corrected chi connectivity index (χ2v) is 14.3. The third-order valence-electron chi connectivity index (χ3n) is 8.42. The minimum atomic E-state index is -0.601. The summed E-state index contributed by atoms with van der Waals surface area (Å²) in [4.78, 5) is 45.7. The fraction of sp³-hybridized carbons (Fsp3) is 0.119. The normalized spacial score (nSPS) is 11.2. The average Bonchev–Trinajstić information content (AvgIpc) is 3.19. The van der Waals surface area contributed by atoms with Crippen molar-refractivity contribution in [3.05, 3.63) is 133 Å². The van der Waals surface area contributed by atoms with E-state index in [0.29, 0.717) is 63.1 Å². The number of amides is 1. The van der Waals surface area contributed by atoms with Gasteiger partial charge in [-0.3, -0.25) is 4.79 Å². The molecule has 0 bridgehead atoms. The van der Waals surface area contributed by atoms with Crippen LogP contribution < -0.4 is 21.7 Å². The van der Waals surface area contributed by atoms with Crippen LogP contribution in [0.3, 0.4) is 0 Å². The first kappa shape index (κ1) is 39.5. The minimum absolute atomic E-state index is 0.0171. The van der Waals surface area contributed by atoms with Crippen molar-refractivity contribution in [3.8, 4) is 22.5 Å². The molecule has 5 N–H and O–H groups in total. The van der Waals surface area contributed by atoms with Crippen LogP contribution in [0.2, 0.25) is 0 Å². The lowest BCUT2D eigenvalue weighted by molar-refractivity contribution is -0.117. The van der Waals surface area contributed by atoms with Crippen LogP contribution in [0.5, 0.6) is 0 Å². The van der Waals surface area contributed by atoms with Crippen molar-refractivity contribution in [2.75, 3.05) is 21.7 Å². The quantitative estimate of drug-likeness (QED) is 0.107. The van der Waals surface area contributed by atoms with Crippen molar-refractivity contribution >= 4 is 62.6 Å². The monoisotopic (exact) mass is 798 g/mol. The van der Waals surface area contributed by atoms with Crippen LogP contribution in [0.4, 0.5) is 52.2 Å². The van der Waals surface area contributed by atoms with Crippen molar-refractivity contribution in [1.29, 1.82) is 0 Å². The Morgan fingerprint density at radius 3 is 1.61 bits per heavy atom. The molecule has 0 atom stereocenters. The maximum atomic E-state index is 14.4. The molecule has 8 aromatic rings. The fourth-order valence-electron chi connectivity index (χ4n) is 5.86. The molecule has 17 heteroatoms. The summed E-state index contributed by atoms with van der Waals surface area (Å²) in [7, 11) is 0. The molecule has 2 aromatic carbocycles. The number of pyridine rings is 4. The second kappa shape index (κ2) is 16.8. The van der Waals surface area contributed by atoms with Crippen LogP contribution in [0, 0.1) is 28.7 Å². The molecule has 1 amide bonds. The molecular formula is C42H34F4N12O. The SMILES string of the molecule is CC(C)(C)CC(=O)Nc1cc(Nc2cc(-c3cc(F)ccc3F)nc3ncccc23)ncn1.Nc1cc(Nc2cc(-c3cc(F)ccc3F)nc3ncccc23)ncn1. The second-order valence-electron chi connectivity index (χ2n) is 14.3. The summed E-state index contributed by atoms with van der Waals surface area (Å²) in [6, 6.07) is 19.9. The highest BCUT2D eigenvalue weighted by Gasteiger charge is 2.18. The summed E-state index contributed by atoms with van der Waals surface area (Å²) in [5.74, 6) is -0.961. The van der Waals surface area contributed by atoms with Gasteiger partial charge in [-0.05, 0) is 78.2 Å². The van der Waals surface area contributed by atoms with Gasteiger partial charge in [0.05, 0.1) is 22.8 Å². The molecule has 0 aliphatic heterocycles. The van der Waals surface area contributed by atoms with Crippen LogP contribution in [0.1, 0.15) is 27.2 Å². The molecule has 0 unspecified atom stereocenters. The number of carbonyl (C=O) groups excluding carboxylic acids is 1. The Balaban J connectivity index is 0.000000184. The Morgan fingerprint density at radius 2 is 1.10 bits per heavy atom. The minimum Gasteiger partial charge on any atom is -0.384 e. The van der Waals surface area contributed by atoms with Crippen molar-refractivity contribution in [2.45, 2.75) is 27.2 Å². The highest BCUT2D eigenvalue weighted by atomic mass is 19.1. The van der Waals surface area contributed by atoms with Crippen molar-refractivity contribution in [3.63, 3.8) is 0 Å². The van der Waals surface area contributed by atoms with E-state index in [1.165, 1.54) is 12.7 Å². The highest BCUT2D eigenvalue weighted by Crippen LogP contribution is 2.33. The van der Waals surface area contributed by atoms with E-state index in [-0.39, 0.29) is 33.8 Å². The number of carbonyl (C=O) groups is 1. The Labute approximate surface area is 334 Å². The molecule has 59 heavy (non-hydrogen) atoms. The maximum absolute atomic E-state index is 14.4. The van der Waals surface area contributed by atoms with Gasteiger partial charge in [-0.1, -0.05) is 20.8 Å². The van der Waals surface area contributed by atoms with Gasteiger partial charge in [0.25, 0.3) is 0 Å². The molecule has 0 radical (unpaired) electrons. The van der Waals surface area contributed by atoms with Gasteiger partial charge in [0.15, 0.2) is 11.3 Å². The van der Waals surface area contributed by atoms with E-state index < -0.39 is 23.3 Å². The summed E-state index contributed by atoms with van der Waals surface area (Å²) in [6.07, 6.45) is 6.13. The van der Waals surface area contributed by atoms with Crippen LogP contribution in [-0.4, -0.2) is 45.8 Å². The number of nitrogens with zero attached hydrogens (tertiary/aromatic N) is 8. The lowest BCUT2D eigenvalue weighted by atomic mass is 9.92. The first-order valence-electron chi connectivity index (χ1n) is 17.9. The summed E-state index contributed by atoms with van der Waals surface area (Å²) in [5.41, 5.74) is 7.90. The Morgan fingerprint density at radius 1 is 0.610 bits per heavy atom. The van der Waals surface area contributed by atoms with E-state index in [4.69, 9.17) is 5.73 Å².